The van der Waals surface area contributed by atoms with Gasteiger partial charge in [0.25, 0.3) is 0 Å². The van der Waals surface area contributed by atoms with Crippen molar-refractivity contribution in [3.05, 3.63) is 0 Å². The number of amides is 2. The van der Waals surface area contributed by atoms with Gasteiger partial charge in [-0.3, -0.25) is 4.79 Å². The molecule has 1 aliphatic heterocycles. The minimum Gasteiger partial charge on any atom is -0.481 e. The summed E-state index contributed by atoms with van der Waals surface area (Å²) in [6.07, 6.45) is 1.77. The molecular weight excluding hydrogens is 248 g/mol. The van der Waals surface area contributed by atoms with Gasteiger partial charge in [0.1, 0.15) is 0 Å². The fourth-order valence-corrected chi connectivity index (χ4v) is 2.18. The van der Waals surface area contributed by atoms with Gasteiger partial charge < -0.3 is 20.1 Å². The maximum absolute atomic E-state index is 11.8. The lowest BCUT2D eigenvalue weighted by atomic mass is 9.99. The average Bonchev–Trinajstić information content (AvgIpc) is 2.75. The SMILES string of the molecule is CCCOCCCNC(=O)N1C[C@@H](C)[C@H](C(=O)O)C1. The Labute approximate surface area is 114 Å². The summed E-state index contributed by atoms with van der Waals surface area (Å²) in [7, 11) is 0. The van der Waals surface area contributed by atoms with Crippen molar-refractivity contribution in [3.8, 4) is 0 Å². The average molecular weight is 272 g/mol. The van der Waals surface area contributed by atoms with Gasteiger partial charge in [0.15, 0.2) is 0 Å². The van der Waals surface area contributed by atoms with Crippen LogP contribution in [-0.2, 0) is 9.53 Å². The third-order valence-electron chi connectivity index (χ3n) is 3.31. The molecule has 2 amide bonds. The van der Waals surface area contributed by atoms with Crippen molar-refractivity contribution >= 4 is 12.0 Å². The van der Waals surface area contributed by atoms with Crippen molar-refractivity contribution in [2.24, 2.45) is 11.8 Å². The predicted molar refractivity (Wildman–Crippen MR) is 71.0 cm³/mol. The Morgan fingerprint density at radius 3 is 2.68 bits per heavy atom. The van der Waals surface area contributed by atoms with Crippen LogP contribution in [0.5, 0.6) is 0 Å². The van der Waals surface area contributed by atoms with Crippen molar-refractivity contribution in [2.45, 2.75) is 26.7 Å². The number of rotatable bonds is 7. The lowest BCUT2D eigenvalue weighted by Gasteiger charge is -2.16. The fourth-order valence-electron chi connectivity index (χ4n) is 2.18. The summed E-state index contributed by atoms with van der Waals surface area (Å²) in [6.45, 7) is 6.68. The summed E-state index contributed by atoms with van der Waals surface area (Å²) in [5.41, 5.74) is 0. The molecule has 0 aromatic carbocycles. The third kappa shape index (κ3) is 5.06. The lowest BCUT2D eigenvalue weighted by Crippen LogP contribution is -2.39. The van der Waals surface area contributed by atoms with E-state index in [1.54, 1.807) is 4.90 Å². The molecule has 2 atom stereocenters. The molecule has 110 valence electrons. The predicted octanol–water partition coefficient (Wildman–Crippen LogP) is 1.17. The molecule has 1 fully saturated rings. The maximum Gasteiger partial charge on any atom is 0.317 e. The van der Waals surface area contributed by atoms with Crippen molar-refractivity contribution in [2.75, 3.05) is 32.8 Å². The number of urea groups is 1. The molecule has 6 heteroatoms. The number of carboxylic acids is 1. The van der Waals surface area contributed by atoms with Crippen LogP contribution in [0, 0.1) is 11.8 Å². The van der Waals surface area contributed by atoms with Crippen LogP contribution < -0.4 is 5.32 Å². The van der Waals surface area contributed by atoms with Crippen molar-refractivity contribution in [1.29, 1.82) is 0 Å². The number of nitrogens with zero attached hydrogens (tertiary/aromatic N) is 1. The van der Waals surface area contributed by atoms with E-state index in [2.05, 4.69) is 12.2 Å². The first-order valence-electron chi connectivity index (χ1n) is 6.89. The highest BCUT2D eigenvalue weighted by Gasteiger charge is 2.36. The molecule has 2 N–H and O–H groups in total. The van der Waals surface area contributed by atoms with Gasteiger partial charge in [-0.25, -0.2) is 4.79 Å². The topological polar surface area (TPSA) is 78.9 Å². The van der Waals surface area contributed by atoms with Crippen LogP contribution in [0.3, 0.4) is 0 Å². The summed E-state index contributed by atoms with van der Waals surface area (Å²) in [6, 6.07) is -0.175. The van der Waals surface area contributed by atoms with Crippen molar-refractivity contribution in [1.82, 2.24) is 10.2 Å². The molecule has 19 heavy (non-hydrogen) atoms. The number of aliphatic carboxylic acids is 1. The largest absolute Gasteiger partial charge is 0.481 e. The summed E-state index contributed by atoms with van der Waals surface area (Å²) in [5, 5.41) is 11.8. The Morgan fingerprint density at radius 2 is 2.11 bits per heavy atom. The van der Waals surface area contributed by atoms with Gasteiger partial charge in [0.05, 0.1) is 5.92 Å². The van der Waals surface area contributed by atoms with Gasteiger partial charge in [-0.05, 0) is 18.8 Å². The van der Waals surface area contributed by atoms with E-state index < -0.39 is 11.9 Å². The number of carbonyl (C=O) groups is 2. The Balaban J connectivity index is 2.19. The second kappa shape index (κ2) is 7.99. The van der Waals surface area contributed by atoms with E-state index >= 15 is 0 Å². The van der Waals surface area contributed by atoms with Crippen molar-refractivity contribution < 1.29 is 19.4 Å². The molecule has 6 nitrogen and oxygen atoms in total. The zero-order valence-electron chi connectivity index (χ0n) is 11.7. The molecule has 0 saturated carbocycles. The zero-order chi connectivity index (χ0) is 14.3. The smallest absolute Gasteiger partial charge is 0.317 e. The van der Waals surface area contributed by atoms with Crippen LogP contribution >= 0.6 is 0 Å². The monoisotopic (exact) mass is 272 g/mol. The molecule has 1 aliphatic rings. The number of hydrogen-bond donors (Lipinski definition) is 2. The number of likely N-dealkylation sites (tertiary alicyclic amines) is 1. The van der Waals surface area contributed by atoms with Crippen molar-refractivity contribution in [3.63, 3.8) is 0 Å². The summed E-state index contributed by atoms with van der Waals surface area (Å²) >= 11 is 0. The van der Waals surface area contributed by atoms with Gasteiger partial charge in [-0.1, -0.05) is 13.8 Å². The molecule has 0 aromatic heterocycles. The van der Waals surface area contributed by atoms with Crippen LogP contribution in [0.25, 0.3) is 0 Å². The third-order valence-corrected chi connectivity index (χ3v) is 3.31. The standard InChI is InChI=1S/C13H24N2O4/c1-3-6-19-7-4-5-14-13(18)15-8-10(2)11(9-15)12(16)17/h10-11H,3-9H2,1-2H3,(H,14,18)(H,16,17)/t10-,11-/m1/s1. The first-order chi connectivity index (χ1) is 9.06. The second-order valence-electron chi connectivity index (χ2n) is 5.02. The molecule has 1 heterocycles. The van der Waals surface area contributed by atoms with Gasteiger partial charge in [0, 0.05) is 32.8 Å². The van der Waals surface area contributed by atoms with E-state index in [1.165, 1.54) is 0 Å². The number of ether oxygens (including phenoxy) is 1. The van der Waals surface area contributed by atoms with Gasteiger partial charge >= 0.3 is 12.0 Å². The number of carbonyl (C=O) groups excluding carboxylic acids is 1. The highest BCUT2D eigenvalue weighted by Crippen LogP contribution is 2.22. The Bertz CT molecular complexity index is 309. The number of nitrogens with one attached hydrogen (secondary N) is 1. The van der Waals surface area contributed by atoms with E-state index in [4.69, 9.17) is 9.84 Å². The molecule has 0 radical (unpaired) electrons. The summed E-state index contributed by atoms with van der Waals surface area (Å²) in [5.74, 6) is -1.26. The molecule has 0 unspecified atom stereocenters. The molecular formula is C13H24N2O4. The van der Waals surface area contributed by atoms with E-state index in [-0.39, 0.29) is 11.9 Å². The number of carboxylic acid groups (broad SMARTS) is 1. The van der Waals surface area contributed by atoms with Gasteiger partial charge in [-0.15, -0.1) is 0 Å². The van der Waals surface area contributed by atoms with Crippen LogP contribution in [0.4, 0.5) is 4.79 Å². The van der Waals surface area contributed by atoms with Crippen LogP contribution in [0.2, 0.25) is 0 Å². The Kier molecular flexibility index (Phi) is 6.62. The summed E-state index contributed by atoms with van der Waals surface area (Å²) in [4.78, 5) is 24.4. The maximum atomic E-state index is 11.8. The Hall–Kier alpha value is -1.30. The first-order valence-corrected chi connectivity index (χ1v) is 6.89. The normalized spacial score (nSPS) is 22.5. The van der Waals surface area contributed by atoms with E-state index in [1.807, 2.05) is 6.92 Å². The van der Waals surface area contributed by atoms with E-state index in [0.717, 1.165) is 19.4 Å². The summed E-state index contributed by atoms with van der Waals surface area (Å²) < 4.78 is 5.31. The second-order valence-corrected chi connectivity index (χ2v) is 5.02. The van der Waals surface area contributed by atoms with Crippen LogP contribution in [0.1, 0.15) is 26.7 Å². The number of hydrogen-bond acceptors (Lipinski definition) is 3. The van der Waals surface area contributed by atoms with Crippen LogP contribution in [0.15, 0.2) is 0 Å². The fraction of sp³-hybridized carbons (Fsp3) is 0.846. The molecule has 1 saturated heterocycles. The minimum absolute atomic E-state index is 0.0103. The van der Waals surface area contributed by atoms with E-state index in [0.29, 0.717) is 26.2 Å². The van der Waals surface area contributed by atoms with E-state index in [9.17, 15) is 9.59 Å². The lowest BCUT2D eigenvalue weighted by molar-refractivity contribution is -0.142. The van der Waals surface area contributed by atoms with Gasteiger partial charge in [0.2, 0.25) is 0 Å². The molecule has 0 spiro atoms. The minimum atomic E-state index is -0.823. The molecule has 0 aliphatic carbocycles. The molecule has 0 aromatic rings. The highest BCUT2D eigenvalue weighted by molar-refractivity contribution is 5.77. The molecule has 0 bridgehead atoms. The zero-order valence-corrected chi connectivity index (χ0v) is 11.7. The first kappa shape index (κ1) is 15.8. The van der Waals surface area contributed by atoms with Gasteiger partial charge in [-0.2, -0.15) is 0 Å². The van der Waals surface area contributed by atoms with Crippen LogP contribution in [-0.4, -0.2) is 54.9 Å². The quantitative estimate of drug-likeness (QED) is 0.682. The Morgan fingerprint density at radius 1 is 1.37 bits per heavy atom. The molecule has 1 rings (SSSR count). The highest BCUT2D eigenvalue weighted by atomic mass is 16.5.